The zero-order chi connectivity index (χ0) is 18.0. The zero-order valence-electron chi connectivity index (χ0n) is 13.3. The number of carboxylic acids is 2. The van der Waals surface area contributed by atoms with E-state index in [1.807, 2.05) is 13.8 Å². The summed E-state index contributed by atoms with van der Waals surface area (Å²) in [6.07, 6.45) is -0.0744. The fourth-order valence-electron chi connectivity index (χ4n) is 1.66. The van der Waals surface area contributed by atoms with E-state index in [1.165, 1.54) is 11.8 Å². The fourth-order valence-corrected chi connectivity index (χ4v) is 2.55. The van der Waals surface area contributed by atoms with Crippen molar-refractivity contribution in [3.05, 3.63) is 0 Å². The summed E-state index contributed by atoms with van der Waals surface area (Å²) in [6, 6.07) is -1.11. The van der Waals surface area contributed by atoms with Crippen LogP contribution in [0.1, 0.15) is 33.1 Å². The second-order valence-corrected chi connectivity index (χ2v) is 7.03. The Hall–Kier alpha value is -1.61. The van der Waals surface area contributed by atoms with Gasteiger partial charge in [-0.1, -0.05) is 13.8 Å². The van der Waals surface area contributed by atoms with Gasteiger partial charge in [-0.15, -0.1) is 0 Å². The summed E-state index contributed by atoms with van der Waals surface area (Å²) < 4.78 is 0. The summed E-state index contributed by atoms with van der Waals surface area (Å²) in [6.45, 7) is 3.40. The summed E-state index contributed by atoms with van der Waals surface area (Å²) in [5.74, 6) is -3.34. The first-order valence-electron chi connectivity index (χ1n) is 7.24. The molecule has 0 spiro atoms. The molecule has 8 nitrogen and oxygen atoms in total. The lowest BCUT2D eigenvalue weighted by Crippen LogP contribution is -2.37. The molecule has 0 saturated heterocycles. The molecule has 2 atom stereocenters. The molecule has 5 N–H and O–H groups in total. The number of carboxylic acid groups (broad SMARTS) is 2. The minimum Gasteiger partial charge on any atom is -0.480 e. The Kier molecular flexibility index (Phi) is 10.2. The summed E-state index contributed by atoms with van der Waals surface area (Å²) in [4.78, 5) is 45.0. The van der Waals surface area contributed by atoms with Crippen LogP contribution in [0.4, 0.5) is 0 Å². The highest BCUT2D eigenvalue weighted by Gasteiger charge is 2.23. The van der Waals surface area contributed by atoms with E-state index >= 15 is 0 Å². The van der Waals surface area contributed by atoms with Crippen molar-refractivity contribution in [2.75, 3.05) is 12.3 Å². The zero-order valence-corrected chi connectivity index (χ0v) is 14.1. The molecular weight excluding hydrogens is 324 g/mol. The lowest BCUT2D eigenvalue weighted by atomic mass is 9.99. The summed E-state index contributed by atoms with van der Waals surface area (Å²) in [5.41, 5.74) is 5.33. The first kappa shape index (κ1) is 21.4. The van der Waals surface area contributed by atoms with Gasteiger partial charge in [0, 0.05) is 18.6 Å². The molecule has 0 fully saturated rings. The molecule has 2 unspecified atom stereocenters. The number of hydrogen-bond acceptors (Lipinski definition) is 6. The van der Waals surface area contributed by atoms with E-state index in [4.69, 9.17) is 15.9 Å². The normalized spacial score (nSPS) is 13.4. The Morgan fingerprint density at radius 2 is 1.78 bits per heavy atom. The summed E-state index contributed by atoms with van der Waals surface area (Å²) in [5, 5.41) is 19.8. The smallest absolute Gasteiger partial charge is 0.322 e. The molecule has 1 amide bonds. The second-order valence-electron chi connectivity index (χ2n) is 5.42. The maximum absolute atomic E-state index is 12.0. The van der Waals surface area contributed by atoms with Crippen LogP contribution in [0.15, 0.2) is 0 Å². The van der Waals surface area contributed by atoms with E-state index in [-0.39, 0.29) is 30.3 Å². The molecule has 0 aromatic carbocycles. The van der Waals surface area contributed by atoms with Gasteiger partial charge in [-0.25, -0.2) is 0 Å². The number of rotatable bonds is 12. The van der Waals surface area contributed by atoms with Crippen LogP contribution in [-0.2, 0) is 19.2 Å². The molecule has 0 aliphatic heterocycles. The number of Topliss-reactive ketones (excluding diaryl/α,β-unsaturated/α-hetero) is 1. The lowest BCUT2D eigenvalue weighted by Gasteiger charge is -2.17. The molecule has 0 heterocycles. The number of nitrogens with two attached hydrogens (primary N) is 1. The minimum absolute atomic E-state index is 0.00888. The van der Waals surface area contributed by atoms with Crippen molar-refractivity contribution in [3.63, 3.8) is 0 Å². The van der Waals surface area contributed by atoms with Crippen molar-refractivity contribution < 1.29 is 29.4 Å². The van der Waals surface area contributed by atoms with Crippen molar-refractivity contribution >= 4 is 35.4 Å². The minimum atomic E-state index is -1.18. The molecule has 0 bridgehead atoms. The maximum Gasteiger partial charge on any atom is 0.322 e. The predicted octanol–water partition coefficient (Wildman–Crippen LogP) is 0.0963. The molecule has 0 radical (unpaired) electrons. The number of carbonyl (C=O) groups is 4. The monoisotopic (exact) mass is 348 g/mol. The Bertz CT molecular complexity index is 441. The van der Waals surface area contributed by atoms with Crippen LogP contribution in [0.3, 0.4) is 0 Å². The van der Waals surface area contributed by atoms with Gasteiger partial charge in [0.2, 0.25) is 5.91 Å². The largest absolute Gasteiger partial charge is 0.480 e. The highest BCUT2D eigenvalue weighted by molar-refractivity contribution is 7.99. The third-order valence-corrected chi connectivity index (χ3v) is 4.20. The molecule has 23 heavy (non-hydrogen) atoms. The van der Waals surface area contributed by atoms with Crippen LogP contribution >= 0.6 is 11.8 Å². The standard InChI is InChI=1S/C14H24N2O6S/c1-8(2)23-7-9(13(20)16-6-12(18)19)5-10(17)3-4-11(15)14(21)22/h8-9,11H,3-7,15H2,1-2H3,(H,16,20)(H,18,19)(H,21,22). The van der Waals surface area contributed by atoms with Crippen molar-refractivity contribution in [2.24, 2.45) is 11.7 Å². The fraction of sp³-hybridized carbons (Fsp3) is 0.714. The Labute approximate surface area is 139 Å². The van der Waals surface area contributed by atoms with Gasteiger partial charge in [0.05, 0.1) is 5.92 Å². The number of aliphatic carboxylic acids is 2. The van der Waals surface area contributed by atoms with Gasteiger partial charge < -0.3 is 21.3 Å². The number of ketones is 1. The van der Waals surface area contributed by atoms with E-state index < -0.39 is 36.4 Å². The van der Waals surface area contributed by atoms with Crippen LogP contribution in [0.2, 0.25) is 0 Å². The van der Waals surface area contributed by atoms with Gasteiger partial charge in [0.15, 0.2) is 0 Å². The molecule has 0 saturated carbocycles. The molecule has 0 aromatic rings. The van der Waals surface area contributed by atoms with E-state index in [0.29, 0.717) is 5.75 Å². The number of carbonyl (C=O) groups excluding carboxylic acids is 2. The molecular formula is C14H24N2O6S. The van der Waals surface area contributed by atoms with Gasteiger partial charge in [-0.05, 0) is 11.7 Å². The van der Waals surface area contributed by atoms with Crippen molar-refractivity contribution in [2.45, 2.75) is 44.4 Å². The third-order valence-electron chi connectivity index (χ3n) is 2.94. The molecule has 0 aliphatic carbocycles. The van der Waals surface area contributed by atoms with Gasteiger partial charge in [-0.3, -0.25) is 19.2 Å². The van der Waals surface area contributed by atoms with Gasteiger partial charge in [0.25, 0.3) is 0 Å². The van der Waals surface area contributed by atoms with E-state index in [9.17, 15) is 19.2 Å². The number of thioether (sulfide) groups is 1. The van der Waals surface area contributed by atoms with Gasteiger partial charge in [0.1, 0.15) is 18.4 Å². The van der Waals surface area contributed by atoms with E-state index in [1.54, 1.807) is 0 Å². The van der Waals surface area contributed by atoms with Crippen LogP contribution < -0.4 is 11.1 Å². The first-order chi connectivity index (χ1) is 10.6. The van der Waals surface area contributed by atoms with Gasteiger partial charge in [-0.2, -0.15) is 11.8 Å². The SMILES string of the molecule is CC(C)SCC(CC(=O)CCC(N)C(=O)O)C(=O)NCC(=O)O. The lowest BCUT2D eigenvalue weighted by molar-refractivity contribution is -0.139. The van der Waals surface area contributed by atoms with E-state index in [0.717, 1.165) is 0 Å². The molecule has 0 aromatic heterocycles. The van der Waals surface area contributed by atoms with Crippen molar-refractivity contribution in [1.29, 1.82) is 0 Å². The number of nitrogens with one attached hydrogen (secondary N) is 1. The molecule has 0 rings (SSSR count). The number of amides is 1. The molecule has 9 heteroatoms. The Balaban J connectivity index is 4.54. The van der Waals surface area contributed by atoms with Crippen molar-refractivity contribution in [3.8, 4) is 0 Å². The third kappa shape index (κ3) is 10.7. The average molecular weight is 348 g/mol. The topological polar surface area (TPSA) is 147 Å². The predicted molar refractivity (Wildman–Crippen MR) is 86.2 cm³/mol. The van der Waals surface area contributed by atoms with Crippen LogP contribution in [0.25, 0.3) is 0 Å². The number of hydrogen-bond donors (Lipinski definition) is 4. The highest BCUT2D eigenvalue weighted by Crippen LogP contribution is 2.18. The quantitative estimate of drug-likeness (QED) is 0.388. The summed E-state index contributed by atoms with van der Waals surface area (Å²) >= 11 is 1.49. The maximum atomic E-state index is 12.0. The van der Waals surface area contributed by atoms with Gasteiger partial charge >= 0.3 is 11.9 Å². The summed E-state index contributed by atoms with van der Waals surface area (Å²) in [7, 11) is 0. The van der Waals surface area contributed by atoms with Crippen LogP contribution in [-0.4, -0.2) is 57.4 Å². The Morgan fingerprint density at radius 3 is 2.26 bits per heavy atom. The second kappa shape index (κ2) is 11.0. The van der Waals surface area contributed by atoms with Crippen LogP contribution in [0.5, 0.6) is 0 Å². The average Bonchev–Trinajstić information content (AvgIpc) is 2.45. The van der Waals surface area contributed by atoms with Crippen molar-refractivity contribution in [1.82, 2.24) is 5.32 Å². The van der Waals surface area contributed by atoms with E-state index in [2.05, 4.69) is 5.32 Å². The molecule has 0 aliphatic rings. The highest BCUT2D eigenvalue weighted by atomic mass is 32.2. The Morgan fingerprint density at radius 1 is 1.17 bits per heavy atom. The molecule has 132 valence electrons. The first-order valence-corrected chi connectivity index (χ1v) is 8.29. The van der Waals surface area contributed by atoms with Crippen LogP contribution in [0, 0.1) is 5.92 Å².